The summed E-state index contributed by atoms with van der Waals surface area (Å²) in [4.78, 5) is 49.2. The molecule has 2 amide bonds. The number of nitrogens with one attached hydrogen (secondary N) is 1. The summed E-state index contributed by atoms with van der Waals surface area (Å²) in [5.41, 5.74) is 3.42. The highest BCUT2D eigenvalue weighted by atomic mass is 32.1. The molecule has 1 saturated carbocycles. The van der Waals surface area contributed by atoms with Gasteiger partial charge in [0.05, 0.1) is 36.3 Å². The van der Waals surface area contributed by atoms with E-state index in [1.54, 1.807) is 17.4 Å². The number of hydrogen-bond acceptors (Lipinski definition) is 11. The van der Waals surface area contributed by atoms with Crippen LogP contribution in [-0.2, 0) is 38.4 Å². The van der Waals surface area contributed by atoms with E-state index in [1.807, 2.05) is 17.0 Å². The van der Waals surface area contributed by atoms with Gasteiger partial charge in [0, 0.05) is 63.3 Å². The van der Waals surface area contributed by atoms with E-state index in [9.17, 15) is 24.6 Å². The molecule has 5 heterocycles. The van der Waals surface area contributed by atoms with Crippen LogP contribution in [0.4, 0.5) is 5.69 Å². The number of anilines is 1. The first-order valence-electron chi connectivity index (χ1n) is 23.0. The number of likely N-dealkylation sites (tertiary alicyclic amines) is 2. The zero-order chi connectivity index (χ0) is 43.2. The highest BCUT2D eigenvalue weighted by molar-refractivity contribution is 7.14. The minimum absolute atomic E-state index is 0.00386. The van der Waals surface area contributed by atoms with Crippen LogP contribution in [0, 0.1) is 0 Å². The topological polar surface area (TPSA) is 144 Å². The molecule has 3 saturated heterocycles. The van der Waals surface area contributed by atoms with Crippen LogP contribution in [0.1, 0.15) is 102 Å². The molecule has 1 spiro atoms. The normalized spacial score (nSPS) is 22.3. The molecular weight excluding hydrogens is 807 g/mol. The molecule has 2 aromatic carbocycles. The van der Waals surface area contributed by atoms with E-state index in [0.29, 0.717) is 82.1 Å². The van der Waals surface area contributed by atoms with Gasteiger partial charge < -0.3 is 34.6 Å². The van der Waals surface area contributed by atoms with Crippen molar-refractivity contribution < 1.29 is 38.8 Å². The summed E-state index contributed by atoms with van der Waals surface area (Å²) in [5, 5.41) is 23.5. The summed E-state index contributed by atoms with van der Waals surface area (Å²) >= 11 is 1.61. The summed E-state index contributed by atoms with van der Waals surface area (Å²) in [5.74, 6) is -0.0423. The fourth-order valence-electron chi connectivity index (χ4n) is 10.3. The second kappa shape index (κ2) is 20.2. The summed E-state index contributed by atoms with van der Waals surface area (Å²) < 4.78 is 18.5. The third-order valence-electron chi connectivity index (χ3n) is 13.8. The highest BCUT2D eigenvalue weighted by Gasteiger charge is 2.42. The van der Waals surface area contributed by atoms with Gasteiger partial charge in [-0.2, -0.15) is 0 Å². The minimum Gasteiger partial charge on any atom is -0.506 e. The standard InChI is InChI=1S/C48H65N5O8S/c1-33(2)40-13-14-41(62-40)46(56)53-26-28-61-48(32-53)18-22-50(23-19-48)30-35-8-6-7-34(29-35)17-27-59-39-16-21-52(44(39)47(57)58)25-24-51(37-9-4-3-5-10-37)20-15-36-11-12-38(54)43-45(36)60-31-42(55)49-43/h6-8,11-14,29,33,37,39,44,54H,3-5,9-10,15-28,30-32H2,1-2H3,(H,49,55)(H,57,58)/t39?,44-/m0/s1. The number of carboxylic acid groups (broad SMARTS) is 1. The average Bonchev–Trinajstić information content (AvgIpc) is 3.94. The molecule has 4 fully saturated rings. The molecule has 14 heteroatoms. The molecule has 2 atom stereocenters. The van der Waals surface area contributed by atoms with Crippen LogP contribution in [0.3, 0.4) is 0 Å². The molecule has 4 aliphatic heterocycles. The Morgan fingerprint density at radius 3 is 2.56 bits per heavy atom. The van der Waals surface area contributed by atoms with Crippen molar-refractivity contribution >= 4 is 34.8 Å². The highest BCUT2D eigenvalue weighted by Crippen LogP contribution is 2.40. The van der Waals surface area contributed by atoms with Crippen molar-refractivity contribution in [2.75, 3.05) is 77.5 Å². The van der Waals surface area contributed by atoms with Gasteiger partial charge in [0.1, 0.15) is 17.5 Å². The van der Waals surface area contributed by atoms with Crippen LogP contribution in [0.5, 0.6) is 11.5 Å². The largest absolute Gasteiger partial charge is 0.506 e. The Balaban J connectivity index is 0.802. The summed E-state index contributed by atoms with van der Waals surface area (Å²) in [6, 6.07) is 15.9. The van der Waals surface area contributed by atoms with Gasteiger partial charge in [-0.25, -0.2) is 0 Å². The Hall–Kier alpha value is -4.05. The maximum absolute atomic E-state index is 13.4. The molecule has 0 radical (unpaired) electrons. The molecule has 3 aromatic rings. The van der Waals surface area contributed by atoms with Gasteiger partial charge >= 0.3 is 5.97 Å². The number of carboxylic acids is 1. The van der Waals surface area contributed by atoms with Gasteiger partial charge in [0.15, 0.2) is 12.4 Å². The number of morpholine rings is 1. The molecule has 1 aromatic heterocycles. The number of phenolic OH excluding ortho intramolecular Hbond substituents is 1. The van der Waals surface area contributed by atoms with Gasteiger partial charge in [-0.05, 0) is 85.8 Å². The number of nitrogens with zero attached hydrogens (tertiary/aromatic N) is 4. The number of fused-ring (bicyclic) bond motifs is 1. The van der Waals surface area contributed by atoms with Crippen LogP contribution in [0.15, 0.2) is 48.5 Å². The summed E-state index contributed by atoms with van der Waals surface area (Å²) in [6.45, 7) is 12.1. The number of carbonyl (C=O) groups excluding carboxylic acids is 2. The fraction of sp³-hybridized carbons (Fsp3) is 0.604. The van der Waals surface area contributed by atoms with Gasteiger partial charge in [-0.3, -0.25) is 29.1 Å². The number of benzene rings is 2. The van der Waals surface area contributed by atoms with E-state index in [2.05, 4.69) is 64.2 Å². The first-order chi connectivity index (χ1) is 30.0. The summed E-state index contributed by atoms with van der Waals surface area (Å²) in [6.07, 6.45) is 9.39. The van der Waals surface area contributed by atoms with E-state index in [-0.39, 0.29) is 35.9 Å². The number of rotatable bonds is 16. The number of hydrogen-bond donors (Lipinski definition) is 3. The van der Waals surface area contributed by atoms with Crippen molar-refractivity contribution in [2.45, 2.75) is 114 Å². The van der Waals surface area contributed by atoms with E-state index < -0.39 is 12.0 Å². The van der Waals surface area contributed by atoms with Crippen molar-refractivity contribution in [1.82, 2.24) is 19.6 Å². The number of aromatic hydroxyl groups is 1. The second-order valence-corrected chi connectivity index (χ2v) is 19.5. The molecule has 8 rings (SSSR count). The Morgan fingerprint density at radius 1 is 0.984 bits per heavy atom. The monoisotopic (exact) mass is 871 g/mol. The van der Waals surface area contributed by atoms with Gasteiger partial charge in [0.2, 0.25) is 0 Å². The zero-order valence-corrected chi connectivity index (χ0v) is 37.3. The lowest BCUT2D eigenvalue weighted by Gasteiger charge is -2.47. The number of aliphatic carboxylic acids is 1. The smallest absolute Gasteiger partial charge is 0.323 e. The predicted octanol–water partition coefficient (Wildman–Crippen LogP) is 6.38. The van der Waals surface area contributed by atoms with Crippen molar-refractivity contribution in [3.8, 4) is 11.5 Å². The van der Waals surface area contributed by atoms with E-state index in [1.165, 1.54) is 35.3 Å². The predicted molar refractivity (Wildman–Crippen MR) is 239 cm³/mol. The third-order valence-corrected chi connectivity index (χ3v) is 15.2. The van der Waals surface area contributed by atoms with Gasteiger partial charge in [-0.15, -0.1) is 11.3 Å². The Morgan fingerprint density at radius 2 is 1.79 bits per heavy atom. The lowest BCUT2D eigenvalue weighted by atomic mass is 9.89. The van der Waals surface area contributed by atoms with E-state index >= 15 is 0 Å². The first kappa shape index (κ1) is 44.6. The van der Waals surface area contributed by atoms with Crippen molar-refractivity contribution in [2.24, 2.45) is 0 Å². The maximum atomic E-state index is 13.4. The zero-order valence-electron chi connectivity index (χ0n) is 36.5. The Kier molecular flexibility index (Phi) is 14.5. The van der Waals surface area contributed by atoms with Gasteiger partial charge in [-0.1, -0.05) is 63.4 Å². The maximum Gasteiger partial charge on any atom is 0.323 e. The van der Waals surface area contributed by atoms with E-state index in [4.69, 9.17) is 14.2 Å². The number of carbonyl (C=O) groups is 3. The second-order valence-electron chi connectivity index (χ2n) is 18.3. The molecule has 3 N–H and O–H groups in total. The molecule has 336 valence electrons. The molecule has 62 heavy (non-hydrogen) atoms. The lowest BCUT2D eigenvalue weighted by Crippen LogP contribution is -2.57. The molecule has 0 bridgehead atoms. The minimum atomic E-state index is -0.836. The first-order valence-corrected chi connectivity index (χ1v) is 23.8. The van der Waals surface area contributed by atoms with Gasteiger partial charge in [0.25, 0.3) is 11.8 Å². The number of thiophene rings is 1. The molecule has 5 aliphatic rings. The Bertz CT molecular complexity index is 2030. The molecule has 1 aliphatic carbocycles. The van der Waals surface area contributed by atoms with Crippen molar-refractivity contribution in [3.05, 3.63) is 75.0 Å². The molecule has 13 nitrogen and oxygen atoms in total. The SMILES string of the molecule is CC(C)c1ccc(C(=O)N2CCOC3(CCN(Cc4cccc(CCOC5CCN(CCN(CCc6ccc(O)c7c6OCC(=O)N7)C6CCCCC6)[C@@H]5C(=O)O)c4)CC3)C2)s1. The third kappa shape index (κ3) is 10.6. The van der Waals surface area contributed by atoms with Crippen LogP contribution < -0.4 is 10.1 Å². The summed E-state index contributed by atoms with van der Waals surface area (Å²) in [7, 11) is 0. The number of ether oxygens (including phenoxy) is 3. The van der Waals surface area contributed by atoms with Crippen molar-refractivity contribution in [1.29, 1.82) is 0 Å². The average molecular weight is 872 g/mol. The number of piperidine rings is 1. The number of phenols is 1. The van der Waals surface area contributed by atoms with Crippen molar-refractivity contribution in [3.63, 3.8) is 0 Å². The quantitative estimate of drug-likeness (QED) is 0.138. The van der Waals surface area contributed by atoms with E-state index in [0.717, 1.165) is 68.8 Å². The lowest BCUT2D eigenvalue weighted by molar-refractivity contribution is -0.146. The molecule has 1 unspecified atom stereocenters. The Labute approximate surface area is 370 Å². The van der Waals surface area contributed by atoms with Crippen LogP contribution >= 0.6 is 11.3 Å². The van der Waals surface area contributed by atoms with Crippen LogP contribution in [-0.4, -0.2) is 144 Å². The van der Waals surface area contributed by atoms with Crippen LogP contribution in [0.25, 0.3) is 0 Å². The number of amides is 2. The fourth-order valence-corrected chi connectivity index (χ4v) is 11.2. The van der Waals surface area contributed by atoms with Crippen LogP contribution in [0.2, 0.25) is 0 Å². The molecular formula is C48H65N5O8S.